The highest BCUT2D eigenvalue weighted by Crippen LogP contribution is 2.46. The quantitative estimate of drug-likeness (QED) is 0.814. The number of nitrogens with two attached hydrogens (primary N) is 1. The van der Waals surface area contributed by atoms with E-state index < -0.39 is 0 Å². The average Bonchev–Trinajstić information content (AvgIpc) is 3.13. The third-order valence-corrected chi connectivity index (χ3v) is 3.64. The Labute approximate surface area is 105 Å². The minimum atomic E-state index is -0.384. The molecule has 1 aliphatic carbocycles. The third-order valence-electron chi connectivity index (χ3n) is 3.64. The number of benzene rings is 1. The summed E-state index contributed by atoms with van der Waals surface area (Å²) in [6.07, 6.45) is 6.25. The van der Waals surface area contributed by atoms with E-state index in [1.807, 2.05) is 17.2 Å². The van der Waals surface area contributed by atoms with Gasteiger partial charge in [0.05, 0.1) is 5.69 Å². The summed E-state index contributed by atoms with van der Waals surface area (Å²) in [5.41, 5.74) is 6.77. The van der Waals surface area contributed by atoms with E-state index in [0.717, 1.165) is 18.4 Å². The third kappa shape index (κ3) is 1.88. The van der Waals surface area contributed by atoms with Crippen LogP contribution in [0.4, 0.5) is 10.1 Å². The maximum atomic E-state index is 13.1. The minimum absolute atomic E-state index is 0.179. The van der Waals surface area contributed by atoms with Crippen LogP contribution in [0.25, 0.3) is 0 Å². The fraction of sp³-hybridized carbons (Fsp3) is 0.357. The molecular weight excluding hydrogens is 231 g/mol. The molecule has 18 heavy (non-hydrogen) atoms. The van der Waals surface area contributed by atoms with Crippen LogP contribution in [0.5, 0.6) is 0 Å². The van der Waals surface area contributed by atoms with E-state index in [1.165, 1.54) is 6.07 Å². The second kappa shape index (κ2) is 4.12. The first-order valence-corrected chi connectivity index (χ1v) is 6.19. The lowest BCUT2D eigenvalue weighted by molar-refractivity contribution is -0.129. The van der Waals surface area contributed by atoms with Gasteiger partial charge in [-0.1, -0.05) is 12.1 Å². The second-order valence-corrected chi connectivity index (χ2v) is 4.91. The molecule has 0 spiro atoms. The Kier molecular flexibility index (Phi) is 2.58. The van der Waals surface area contributed by atoms with Crippen molar-refractivity contribution in [2.75, 3.05) is 5.73 Å². The van der Waals surface area contributed by atoms with Gasteiger partial charge in [0, 0.05) is 24.6 Å². The van der Waals surface area contributed by atoms with E-state index in [4.69, 9.17) is 5.73 Å². The van der Waals surface area contributed by atoms with Gasteiger partial charge in [-0.3, -0.25) is 4.79 Å². The Bertz CT molecular complexity index is 527. The van der Waals surface area contributed by atoms with Gasteiger partial charge in [-0.25, -0.2) is 4.39 Å². The maximum absolute atomic E-state index is 13.1. The number of hydrogen-bond donors (Lipinski definition) is 1. The summed E-state index contributed by atoms with van der Waals surface area (Å²) in [6, 6.07) is 5.06. The van der Waals surface area contributed by atoms with Gasteiger partial charge in [0.2, 0.25) is 5.91 Å². The topological polar surface area (TPSA) is 46.3 Å². The molecule has 1 fully saturated rings. The maximum Gasteiger partial charge on any atom is 0.227 e. The molecule has 3 nitrogen and oxygen atoms in total. The summed E-state index contributed by atoms with van der Waals surface area (Å²) >= 11 is 0. The zero-order valence-corrected chi connectivity index (χ0v) is 9.97. The molecule has 2 aliphatic rings. The lowest BCUT2D eigenvalue weighted by atomic mass is 10.1. The number of hydrogen-bond acceptors (Lipinski definition) is 2. The highest BCUT2D eigenvalue weighted by Gasteiger charge is 2.44. The highest BCUT2D eigenvalue weighted by atomic mass is 19.1. The SMILES string of the molecule is Nc1cc(C2CC2N2C=CCCC2=O)ccc1F. The molecule has 1 aliphatic heterocycles. The molecule has 2 unspecified atom stereocenters. The molecular formula is C14H15FN2O. The van der Waals surface area contributed by atoms with Crippen LogP contribution in [0.3, 0.4) is 0 Å². The Balaban J connectivity index is 1.77. The van der Waals surface area contributed by atoms with E-state index >= 15 is 0 Å². The molecule has 1 aromatic rings. The van der Waals surface area contributed by atoms with Gasteiger partial charge in [-0.15, -0.1) is 0 Å². The normalized spacial score (nSPS) is 26.5. The van der Waals surface area contributed by atoms with Crippen molar-refractivity contribution >= 4 is 11.6 Å². The number of rotatable bonds is 2. The van der Waals surface area contributed by atoms with Crippen LogP contribution in [0.1, 0.15) is 30.7 Å². The van der Waals surface area contributed by atoms with Crippen LogP contribution in [0.2, 0.25) is 0 Å². The molecule has 1 saturated carbocycles. The number of anilines is 1. The molecule has 1 amide bonds. The van der Waals surface area contributed by atoms with E-state index in [9.17, 15) is 9.18 Å². The summed E-state index contributed by atoms with van der Waals surface area (Å²) in [4.78, 5) is 13.6. The van der Waals surface area contributed by atoms with Gasteiger partial charge < -0.3 is 10.6 Å². The number of nitrogen functional groups attached to an aromatic ring is 1. The van der Waals surface area contributed by atoms with Crippen molar-refractivity contribution in [2.24, 2.45) is 0 Å². The summed E-state index contributed by atoms with van der Waals surface area (Å²) in [5.74, 6) is 0.0876. The van der Waals surface area contributed by atoms with Crippen LogP contribution >= 0.6 is 0 Å². The Morgan fingerprint density at radius 3 is 2.94 bits per heavy atom. The van der Waals surface area contributed by atoms with Gasteiger partial charge >= 0.3 is 0 Å². The molecule has 0 saturated heterocycles. The van der Waals surface area contributed by atoms with E-state index in [-0.39, 0.29) is 23.5 Å². The minimum Gasteiger partial charge on any atom is -0.396 e. The fourth-order valence-corrected chi connectivity index (χ4v) is 2.54. The lowest BCUT2D eigenvalue weighted by Crippen LogP contribution is -2.30. The van der Waals surface area contributed by atoms with Crippen LogP contribution < -0.4 is 5.73 Å². The second-order valence-electron chi connectivity index (χ2n) is 4.91. The zero-order valence-electron chi connectivity index (χ0n) is 9.97. The smallest absolute Gasteiger partial charge is 0.227 e. The standard InChI is InChI=1S/C14H15FN2O/c15-11-5-4-9(7-12(11)16)10-8-13(10)17-6-2-1-3-14(17)18/h2,4-7,10,13H,1,3,8,16H2. The van der Waals surface area contributed by atoms with Crippen molar-refractivity contribution < 1.29 is 9.18 Å². The molecule has 2 atom stereocenters. The van der Waals surface area contributed by atoms with Gasteiger partial charge in [0.15, 0.2) is 0 Å². The number of amides is 1. The number of carbonyl (C=O) groups excluding carboxylic acids is 1. The number of allylic oxidation sites excluding steroid dienone is 1. The Hall–Kier alpha value is -1.84. The van der Waals surface area contributed by atoms with Crippen molar-refractivity contribution in [2.45, 2.75) is 31.2 Å². The van der Waals surface area contributed by atoms with E-state index in [1.54, 1.807) is 12.1 Å². The van der Waals surface area contributed by atoms with Gasteiger partial charge in [-0.2, -0.15) is 0 Å². The molecule has 0 aromatic heterocycles. The highest BCUT2D eigenvalue weighted by molar-refractivity contribution is 5.79. The van der Waals surface area contributed by atoms with Gasteiger partial charge in [-0.05, 0) is 30.5 Å². The first kappa shape index (κ1) is 11.3. The molecule has 3 rings (SSSR count). The molecule has 0 radical (unpaired) electrons. The zero-order chi connectivity index (χ0) is 12.7. The molecule has 4 heteroatoms. The van der Waals surface area contributed by atoms with Crippen LogP contribution in [0.15, 0.2) is 30.5 Å². The summed E-state index contributed by atoms with van der Waals surface area (Å²) < 4.78 is 13.1. The van der Waals surface area contributed by atoms with E-state index in [0.29, 0.717) is 12.3 Å². The van der Waals surface area contributed by atoms with Crippen molar-refractivity contribution in [3.05, 3.63) is 41.9 Å². The predicted molar refractivity (Wildman–Crippen MR) is 67.2 cm³/mol. The largest absolute Gasteiger partial charge is 0.396 e. The predicted octanol–water partition coefficient (Wildman–Crippen LogP) is 2.40. The summed E-state index contributed by atoms with van der Waals surface area (Å²) in [5, 5.41) is 0. The monoisotopic (exact) mass is 246 g/mol. The van der Waals surface area contributed by atoms with Crippen molar-refractivity contribution in [3.8, 4) is 0 Å². The Morgan fingerprint density at radius 1 is 1.39 bits per heavy atom. The van der Waals surface area contributed by atoms with Crippen LogP contribution in [0, 0.1) is 5.82 Å². The first-order chi connectivity index (χ1) is 8.66. The fourth-order valence-electron chi connectivity index (χ4n) is 2.54. The van der Waals surface area contributed by atoms with E-state index in [2.05, 4.69) is 0 Å². The van der Waals surface area contributed by atoms with Crippen molar-refractivity contribution in [1.29, 1.82) is 0 Å². The molecule has 0 bridgehead atoms. The molecule has 2 N–H and O–H groups in total. The molecule has 94 valence electrons. The van der Waals surface area contributed by atoms with Crippen LogP contribution in [-0.4, -0.2) is 16.8 Å². The number of carbonyl (C=O) groups is 1. The Morgan fingerprint density at radius 2 is 2.22 bits per heavy atom. The summed E-state index contributed by atoms with van der Waals surface area (Å²) in [7, 11) is 0. The van der Waals surface area contributed by atoms with Gasteiger partial charge in [0.25, 0.3) is 0 Å². The average molecular weight is 246 g/mol. The van der Waals surface area contributed by atoms with Crippen LogP contribution in [-0.2, 0) is 4.79 Å². The number of halogens is 1. The lowest BCUT2D eigenvalue weighted by Gasteiger charge is -2.21. The van der Waals surface area contributed by atoms with Crippen molar-refractivity contribution in [3.63, 3.8) is 0 Å². The molecule has 1 heterocycles. The number of nitrogens with zero attached hydrogens (tertiary/aromatic N) is 1. The summed E-state index contributed by atoms with van der Waals surface area (Å²) in [6.45, 7) is 0. The first-order valence-electron chi connectivity index (χ1n) is 6.19. The van der Waals surface area contributed by atoms with Gasteiger partial charge in [0.1, 0.15) is 5.82 Å². The molecule has 1 aromatic carbocycles. The van der Waals surface area contributed by atoms with Crippen molar-refractivity contribution in [1.82, 2.24) is 4.90 Å².